The molecule has 130 valence electrons. The van der Waals surface area contributed by atoms with Gasteiger partial charge in [-0.25, -0.2) is 0 Å². The van der Waals surface area contributed by atoms with Crippen molar-refractivity contribution in [1.82, 2.24) is 0 Å². The third-order valence-corrected chi connectivity index (χ3v) is 4.15. The second-order valence-corrected chi connectivity index (χ2v) is 6.17. The normalized spacial score (nSPS) is 11.0. The Hall–Kier alpha value is -2.89. The molecule has 0 radical (unpaired) electrons. The van der Waals surface area contributed by atoms with Gasteiger partial charge in [0.15, 0.2) is 5.78 Å². The van der Waals surface area contributed by atoms with Crippen LogP contribution in [0.2, 0.25) is 10.0 Å². The maximum absolute atomic E-state index is 12.1. The minimum absolute atomic E-state index is 0.0546. The number of halogens is 2. The number of rotatable bonds is 5. The minimum atomic E-state index is -0.555. The van der Waals surface area contributed by atoms with Crippen LogP contribution in [0, 0.1) is 10.1 Å². The number of nitro benzene ring substituents is 1. The van der Waals surface area contributed by atoms with Crippen molar-refractivity contribution < 1.29 is 14.1 Å². The summed E-state index contributed by atoms with van der Waals surface area (Å²) in [6.45, 7) is 0. The molecular weight excluding hydrogens is 377 g/mol. The molecule has 0 saturated heterocycles. The maximum atomic E-state index is 12.1. The molecule has 26 heavy (non-hydrogen) atoms. The highest BCUT2D eigenvalue weighted by atomic mass is 35.5. The van der Waals surface area contributed by atoms with E-state index in [1.807, 2.05) is 0 Å². The van der Waals surface area contributed by atoms with Crippen molar-refractivity contribution >= 4 is 40.7 Å². The van der Waals surface area contributed by atoms with E-state index in [9.17, 15) is 14.9 Å². The van der Waals surface area contributed by atoms with Crippen molar-refractivity contribution in [3.8, 4) is 11.3 Å². The first-order chi connectivity index (χ1) is 12.4. The first kappa shape index (κ1) is 17.9. The third kappa shape index (κ3) is 4.02. The first-order valence-electron chi connectivity index (χ1n) is 7.46. The van der Waals surface area contributed by atoms with Crippen LogP contribution in [0.15, 0.2) is 65.1 Å². The van der Waals surface area contributed by atoms with Gasteiger partial charge in [-0.3, -0.25) is 14.9 Å². The number of carbonyl (C=O) groups is 1. The Kier molecular flexibility index (Phi) is 5.21. The number of hydrogen-bond donors (Lipinski definition) is 0. The van der Waals surface area contributed by atoms with Crippen molar-refractivity contribution in [3.63, 3.8) is 0 Å². The molecule has 0 aliphatic heterocycles. The summed E-state index contributed by atoms with van der Waals surface area (Å²) in [5, 5.41) is 11.6. The lowest BCUT2D eigenvalue weighted by atomic mass is 10.1. The lowest BCUT2D eigenvalue weighted by Gasteiger charge is -1.99. The van der Waals surface area contributed by atoms with E-state index in [-0.39, 0.29) is 16.5 Å². The minimum Gasteiger partial charge on any atom is -0.457 e. The van der Waals surface area contributed by atoms with Crippen molar-refractivity contribution in [2.75, 3.05) is 0 Å². The average molecular weight is 388 g/mol. The highest BCUT2D eigenvalue weighted by Crippen LogP contribution is 2.31. The predicted molar refractivity (Wildman–Crippen MR) is 101 cm³/mol. The topological polar surface area (TPSA) is 73.3 Å². The number of allylic oxidation sites excluding steroid dienone is 1. The van der Waals surface area contributed by atoms with Crippen molar-refractivity contribution in [1.29, 1.82) is 0 Å². The number of nitro groups is 1. The molecule has 0 atom stereocenters. The highest BCUT2D eigenvalue weighted by Gasteiger charge is 2.15. The van der Waals surface area contributed by atoms with Crippen LogP contribution < -0.4 is 0 Å². The Balaban J connectivity index is 1.80. The van der Waals surface area contributed by atoms with E-state index in [4.69, 9.17) is 27.6 Å². The zero-order chi connectivity index (χ0) is 18.7. The quantitative estimate of drug-likeness (QED) is 0.231. The molecule has 7 heteroatoms. The molecule has 1 heterocycles. The number of hydrogen-bond acceptors (Lipinski definition) is 4. The molecule has 0 spiro atoms. The summed E-state index contributed by atoms with van der Waals surface area (Å²) in [6, 6.07) is 14.3. The Morgan fingerprint density at radius 1 is 1.04 bits per heavy atom. The Morgan fingerprint density at radius 3 is 2.46 bits per heavy atom. The van der Waals surface area contributed by atoms with Crippen molar-refractivity contribution in [3.05, 3.63) is 92.2 Å². The first-order valence-corrected chi connectivity index (χ1v) is 8.22. The zero-order valence-electron chi connectivity index (χ0n) is 13.2. The van der Waals surface area contributed by atoms with Crippen LogP contribution in [-0.4, -0.2) is 10.7 Å². The summed E-state index contributed by atoms with van der Waals surface area (Å²) in [5.41, 5.74) is 0.825. The smallest absolute Gasteiger partial charge is 0.288 e. The van der Waals surface area contributed by atoms with E-state index in [2.05, 4.69) is 0 Å². The van der Waals surface area contributed by atoms with Crippen LogP contribution >= 0.6 is 23.2 Å². The van der Waals surface area contributed by atoms with Crippen LogP contribution in [-0.2, 0) is 0 Å². The van der Waals surface area contributed by atoms with Gasteiger partial charge in [0.2, 0.25) is 0 Å². The molecule has 0 bridgehead atoms. The Bertz CT molecular complexity index is 1010. The number of ketones is 1. The van der Waals surface area contributed by atoms with E-state index in [1.165, 1.54) is 24.3 Å². The Morgan fingerprint density at radius 2 is 1.77 bits per heavy atom. The van der Waals surface area contributed by atoms with Crippen molar-refractivity contribution in [2.24, 2.45) is 0 Å². The monoisotopic (exact) mass is 387 g/mol. The van der Waals surface area contributed by atoms with Gasteiger partial charge in [-0.2, -0.15) is 0 Å². The lowest BCUT2D eigenvalue weighted by molar-refractivity contribution is -0.384. The van der Waals surface area contributed by atoms with Gasteiger partial charge in [-0.1, -0.05) is 23.2 Å². The van der Waals surface area contributed by atoms with Crippen LogP contribution in [0.25, 0.3) is 17.4 Å². The SMILES string of the molecule is O=C(/C=C/c1ccc(-c2ccc(Cl)c([N+](=O)[O-])c2)o1)c1ccc(Cl)cc1. The van der Waals surface area contributed by atoms with Crippen LogP contribution in [0.3, 0.4) is 0 Å². The molecule has 0 aliphatic rings. The van der Waals surface area contributed by atoms with Gasteiger partial charge in [0.25, 0.3) is 5.69 Å². The molecule has 0 fully saturated rings. The number of furan rings is 1. The molecule has 3 aromatic rings. The van der Waals surface area contributed by atoms with Gasteiger partial charge in [-0.15, -0.1) is 0 Å². The van der Waals surface area contributed by atoms with E-state index in [1.54, 1.807) is 42.5 Å². The van der Waals surface area contributed by atoms with E-state index < -0.39 is 4.92 Å². The largest absolute Gasteiger partial charge is 0.457 e. The third-order valence-electron chi connectivity index (χ3n) is 3.58. The second kappa shape index (κ2) is 7.56. The molecule has 0 unspecified atom stereocenters. The van der Waals surface area contributed by atoms with E-state index >= 15 is 0 Å². The van der Waals surface area contributed by atoms with Gasteiger partial charge in [0.1, 0.15) is 16.5 Å². The summed E-state index contributed by atoms with van der Waals surface area (Å²) < 4.78 is 5.62. The fraction of sp³-hybridized carbons (Fsp3) is 0. The highest BCUT2D eigenvalue weighted by molar-refractivity contribution is 6.32. The van der Waals surface area contributed by atoms with Crippen LogP contribution in [0.4, 0.5) is 5.69 Å². The van der Waals surface area contributed by atoms with E-state index in [0.717, 1.165) is 0 Å². The summed E-state index contributed by atoms with van der Waals surface area (Å²) in [7, 11) is 0. The summed E-state index contributed by atoms with van der Waals surface area (Å²) in [6.07, 6.45) is 2.92. The summed E-state index contributed by atoms with van der Waals surface area (Å²) in [5.74, 6) is 0.685. The maximum Gasteiger partial charge on any atom is 0.288 e. The Labute approximate surface area is 158 Å². The fourth-order valence-corrected chi connectivity index (χ4v) is 2.58. The molecule has 0 N–H and O–H groups in total. The van der Waals surface area contributed by atoms with Gasteiger partial charge in [0.05, 0.1) is 4.92 Å². The van der Waals surface area contributed by atoms with Crippen LogP contribution in [0.1, 0.15) is 16.1 Å². The van der Waals surface area contributed by atoms with Gasteiger partial charge >= 0.3 is 0 Å². The average Bonchev–Trinajstić information content (AvgIpc) is 3.09. The van der Waals surface area contributed by atoms with Gasteiger partial charge in [0, 0.05) is 22.2 Å². The number of benzene rings is 2. The molecule has 3 rings (SSSR count). The second-order valence-electron chi connectivity index (χ2n) is 5.33. The zero-order valence-corrected chi connectivity index (χ0v) is 14.7. The molecule has 0 aliphatic carbocycles. The molecule has 5 nitrogen and oxygen atoms in total. The molecule has 0 saturated carbocycles. The molecule has 0 amide bonds. The molecular formula is C19H11Cl2NO4. The van der Waals surface area contributed by atoms with Crippen molar-refractivity contribution in [2.45, 2.75) is 0 Å². The lowest BCUT2D eigenvalue weighted by Crippen LogP contribution is -1.92. The number of carbonyl (C=O) groups excluding carboxylic acids is 1. The number of nitrogens with zero attached hydrogens (tertiary/aromatic N) is 1. The molecule has 2 aromatic carbocycles. The van der Waals surface area contributed by atoms with Gasteiger partial charge < -0.3 is 4.42 Å². The summed E-state index contributed by atoms with van der Waals surface area (Å²) >= 11 is 11.6. The molecule has 1 aromatic heterocycles. The van der Waals surface area contributed by atoms with Crippen LogP contribution in [0.5, 0.6) is 0 Å². The van der Waals surface area contributed by atoms with E-state index in [0.29, 0.717) is 27.7 Å². The predicted octanol–water partition coefficient (Wildman–Crippen LogP) is 6.06. The van der Waals surface area contributed by atoms with Gasteiger partial charge in [-0.05, 0) is 60.7 Å². The summed E-state index contributed by atoms with van der Waals surface area (Å²) in [4.78, 5) is 22.5. The standard InChI is InChI=1S/C19H11Cl2NO4/c20-14-4-1-12(2-5-14)18(23)9-6-15-7-10-19(26-15)13-3-8-16(21)17(11-13)22(24)25/h1-11H/b9-6+. The fourth-order valence-electron chi connectivity index (χ4n) is 2.27.